The minimum absolute atomic E-state index is 0.0661. The van der Waals surface area contributed by atoms with Gasteiger partial charge in [0.15, 0.2) is 11.6 Å². The molecule has 0 spiro atoms. The largest absolute Gasteiger partial charge is 0.447 e. The Morgan fingerprint density at radius 1 is 1.24 bits per heavy atom. The molecule has 2 N–H and O–H groups in total. The number of halogens is 1. The van der Waals surface area contributed by atoms with E-state index in [2.05, 4.69) is 49.8 Å². The van der Waals surface area contributed by atoms with Crippen LogP contribution < -0.4 is 15.5 Å². The smallest absolute Gasteiger partial charge is 0.415 e. The third kappa shape index (κ3) is 4.63. The van der Waals surface area contributed by atoms with Gasteiger partial charge in [-0.15, -0.1) is 0 Å². The standard InChI is InChI=1S/C20H25FN6O2/c1-14(16-4-2-15(3-5-16)13-26-8-6-22-7-9-26)24-19-23-12-17(21)18(25-19)27-10-11-29-20(27)28/h2-5,12,14,22H,6-11,13H2,1H3,(H,23,24,25)/t14-/m0/s1. The molecule has 0 bridgehead atoms. The molecule has 2 aromatic rings. The number of benzene rings is 1. The van der Waals surface area contributed by atoms with Gasteiger partial charge in [-0.2, -0.15) is 4.98 Å². The van der Waals surface area contributed by atoms with Crippen LogP contribution in [-0.2, 0) is 11.3 Å². The number of anilines is 2. The monoisotopic (exact) mass is 400 g/mol. The number of nitrogens with one attached hydrogen (secondary N) is 2. The van der Waals surface area contributed by atoms with E-state index in [-0.39, 0.29) is 31.0 Å². The number of carbonyl (C=O) groups excluding carboxylic acids is 1. The summed E-state index contributed by atoms with van der Waals surface area (Å²) in [5.41, 5.74) is 2.35. The van der Waals surface area contributed by atoms with Crippen molar-refractivity contribution in [1.82, 2.24) is 20.2 Å². The molecule has 2 aliphatic heterocycles. The number of nitrogens with zero attached hydrogens (tertiary/aromatic N) is 4. The number of piperazine rings is 1. The second kappa shape index (κ2) is 8.71. The van der Waals surface area contributed by atoms with Crippen LogP contribution in [0.1, 0.15) is 24.1 Å². The van der Waals surface area contributed by atoms with Crippen LogP contribution in [0.15, 0.2) is 30.5 Å². The minimum atomic E-state index is -0.653. The van der Waals surface area contributed by atoms with Gasteiger partial charge in [0.25, 0.3) is 0 Å². The summed E-state index contributed by atoms with van der Waals surface area (Å²) in [7, 11) is 0. The van der Waals surface area contributed by atoms with Gasteiger partial charge in [-0.05, 0) is 18.1 Å². The number of rotatable bonds is 6. The van der Waals surface area contributed by atoms with Gasteiger partial charge in [0.1, 0.15) is 6.61 Å². The maximum Gasteiger partial charge on any atom is 0.415 e. The molecule has 0 aliphatic carbocycles. The Kier molecular flexibility index (Phi) is 5.86. The van der Waals surface area contributed by atoms with Crippen LogP contribution in [0.2, 0.25) is 0 Å². The Morgan fingerprint density at radius 2 is 2.00 bits per heavy atom. The molecule has 4 rings (SSSR count). The van der Waals surface area contributed by atoms with E-state index in [1.807, 2.05) is 6.92 Å². The highest BCUT2D eigenvalue weighted by Crippen LogP contribution is 2.23. The highest BCUT2D eigenvalue weighted by molar-refractivity contribution is 5.88. The predicted octanol–water partition coefficient (Wildman–Crippen LogP) is 2.15. The molecule has 3 heterocycles. The molecule has 29 heavy (non-hydrogen) atoms. The summed E-state index contributed by atoms with van der Waals surface area (Å²) < 4.78 is 18.9. The number of amides is 1. The molecule has 0 unspecified atom stereocenters. The van der Waals surface area contributed by atoms with Crippen molar-refractivity contribution in [1.29, 1.82) is 0 Å². The summed E-state index contributed by atoms with van der Waals surface area (Å²) >= 11 is 0. The lowest BCUT2D eigenvalue weighted by Gasteiger charge is -2.27. The topological polar surface area (TPSA) is 82.6 Å². The van der Waals surface area contributed by atoms with Crippen LogP contribution in [-0.4, -0.2) is 60.3 Å². The van der Waals surface area contributed by atoms with Gasteiger partial charge in [-0.25, -0.2) is 14.2 Å². The molecule has 2 fully saturated rings. The minimum Gasteiger partial charge on any atom is -0.447 e. The molecule has 1 aromatic heterocycles. The van der Waals surface area contributed by atoms with Gasteiger partial charge in [0, 0.05) is 32.7 Å². The fraction of sp³-hybridized carbons (Fsp3) is 0.450. The summed E-state index contributed by atoms with van der Waals surface area (Å²) in [6, 6.07) is 8.35. The molecule has 0 radical (unpaired) electrons. The first-order valence-corrected chi connectivity index (χ1v) is 9.85. The van der Waals surface area contributed by atoms with Crippen molar-refractivity contribution in [2.75, 3.05) is 49.5 Å². The zero-order chi connectivity index (χ0) is 20.2. The van der Waals surface area contributed by atoms with E-state index >= 15 is 0 Å². The summed E-state index contributed by atoms with van der Waals surface area (Å²) in [5.74, 6) is -0.457. The highest BCUT2D eigenvalue weighted by atomic mass is 19.1. The van der Waals surface area contributed by atoms with E-state index in [1.165, 1.54) is 10.5 Å². The zero-order valence-corrected chi connectivity index (χ0v) is 16.4. The predicted molar refractivity (Wildman–Crippen MR) is 107 cm³/mol. The molecular formula is C20H25FN6O2. The van der Waals surface area contributed by atoms with Gasteiger partial charge in [-0.3, -0.25) is 9.80 Å². The molecule has 2 aliphatic rings. The van der Waals surface area contributed by atoms with E-state index in [0.717, 1.165) is 44.5 Å². The van der Waals surface area contributed by atoms with Crippen LogP contribution in [0.25, 0.3) is 0 Å². The van der Waals surface area contributed by atoms with Crippen molar-refractivity contribution in [2.24, 2.45) is 0 Å². The van der Waals surface area contributed by atoms with Crippen molar-refractivity contribution >= 4 is 17.9 Å². The maximum absolute atomic E-state index is 14.1. The summed E-state index contributed by atoms with van der Waals surface area (Å²) in [6.45, 7) is 7.63. The second-order valence-electron chi connectivity index (χ2n) is 7.26. The van der Waals surface area contributed by atoms with E-state index in [0.29, 0.717) is 0 Å². The highest BCUT2D eigenvalue weighted by Gasteiger charge is 2.28. The summed E-state index contributed by atoms with van der Waals surface area (Å²) in [6.07, 6.45) is 0.473. The Morgan fingerprint density at radius 3 is 2.69 bits per heavy atom. The van der Waals surface area contributed by atoms with Gasteiger partial charge < -0.3 is 15.4 Å². The molecular weight excluding hydrogens is 375 g/mol. The first kappa shape index (κ1) is 19.5. The molecule has 0 saturated carbocycles. The number of ether oxygens (including phenoxy) is 1. The van der Waals surface area contributed by atoms with E-state index in [4.69, 9.17) is 4.74 Å². The van der Waals surface area contributed by atoms with Crippen LogP contribution in [0.4, 0.5) is 21.0 Å². The average Bonchev–Trinajstić information content (AvgIpc) is 3.16. The van der Waals surface area contributed by atoms with E-state index in [9.17, 15) is 9.18 Å². The SMILES string of the molecule is C[C@H](Nc1ncc(F)c(N2CCOC2=O)n1)c1ccc(CN2CCNCC2)cc1. The molecule has 8 nitrogen and oxygen atoms in total. The van der Waals surface area contributed by atoms with Crippen LogP contribution in [0.5, 0.6) is 0 Å². The Labute approximate surface area is 169 Å². The number of aromatic nitrogens is 2. The molecule has 1 atom stereocenters. The number of hydrogen-bond donors (Lipinski definition) is 2. The third-order valence-corrected chi connectivity index (χ3v) is 5.18. The van der Waals surface area contributed by atoms with Crippen LogP contribution >= 0.6 is 0 Å². The number of hydrogen-bond acceptors (Lipinski definition) is 7. The lowest BCUT2D eigenvalue weighted by atomic mass is 10.1. The lowest BCUT2D eigenvalue weighted by molar-refractivity contribution is 0.181. The normalized spacial score (nSPS) is 18.6. The number of cyclic esters (lactones) is 1. The van der Waals surface area contributed by atoms with Crippen molar-refractivity contribution in [3.63, 3.8) is 0 Å². The zero-order valence-electron chi connectivity index (χ0n) is 16.4. The fourth-order valence-electron chi connectivity index (χ4n) is 3.52. The quantitative estimate of drug-likeness (QED) is 0.769. The molecule has 2 saturated heterocycles. The lowest BCUT2D eigenvalue weighted by Crippen LogP contribution is -2.42. The van der Waals surface area contributed by atoms with Crippen molar-refractivity contribution < 1.29 is 13.9 Å². The van der Waals surface area contributed by atoms with E-state index < -0.39 is 11.9 Å². The maximum atomic E-state index is 14.1. The third-order valence-electron chi connectivity index (χ3n) is 5.18. The molecule has 1 aromatic carbocycles. The summed E-state index contributed by atoms with van der Waals surface area (Å²) in [5, 5.41) is 6.54. The molecule has 154 valence electrons. The van der Waals surface area contributed by atoms with Crippen molar-refractivity contribution in [2.45, 2.75) is 19.5 Å². The van der Waals surface area contributed by atoms with Crippen LogP contribution in [0, 0.1) is 5.82 Å². The first-order chi connectivity index (χ1) is 14.1. The average molecular weight is 400 g/mol. The second-order valence-corrected chi connectivity index (χ2v) is 7.26. The Hall–Kier alpha value is -2.78. The Bertz CT molecular complexity index is 857. The van der Waals surface area contributed by atoms with E-state index in [1.54, 1.807) is 0 Å². The Balaban J connectivity index is 1.41. The van der Waals surface area contributed by atoms with Gasteiger partial charge in [-0.1, -0.05) is 24.3 Å². The fourth-order valence-corrected chi connectivity index (χ4v) is 3.52. The number of carbonyl (C=O) groups is 1. The molecule has 9 heteroatoms. The van der Waals surface area contributed by atoms with Crippen molar-refractivity contribution in [3.8, 4) is 0 Å². The van der Waals surface area contributed by atoms with Crippen LogP contribution in [0.3, 0.4) is 0 Å². The van der Waals surface area contributed by atoms with Gasteiger partial charge >= 0.3 is 6.09 Å². The molecule has 1 amide bonds. The van der Waals surface area contributed by atoms with Gasteiger partial charge in [0.2, 0.25) is 5.95 Å². The first-order valence-electron chi connectivity index (χ1n) is 9.85. The summed E-state index contributed by atoms with van der Waals surface area (Å²) in [4.78, 5) is 23.5. The van der Waals surface area contributed by atoms with Crippen molar-refractivity contribution in [3.05, 3.63) is 47.4 Å². The van der Waals surface area contributed by atoms with Gasteiger partial charge in [0.05, 0.1) is 18.8 Å².